The van der Waals surface area contributed by atoms with Crippen LogP contribution in [0, 0.1) is 23.0 Å². The lowest BCUT2D eigenvalue weighted by atomic mass is 10.2. The first-order valence-corrected chi connectivity index (χ1v) is 13.4. The van der Waals surface area contributed by atoms with Crippen LogP contribution in [0.25, 0.3) is 11.4 Å². The molecule has 0 saturated heterocycles. The van der Waals surface area contributed by atoms with E-state index in [9.17, 15) is 27.2 Å². The SMILES string of the molecule is COC(=O)N(Cc1ccccc1)Cc1nccn1-c1ccc(NC(=O)c2cc(C(F)(F)F)nn2-c2ccc(F)c(C#N)c2)c(F)c1. The van der Waals surface area contributed by atoms with Gasteiger partial charge in [-0.25, -0.2) is 23.2 Å². The van der Waals surface area contributed by atoms with Crippen LogP contribution in [0.2, 0.25) is 0 Å². The first-order valence-electron chi connectivity index (χ1n) is 13.4. The number of nitrogens with one attached hydrogen (secondary N) is 1. The highest BCUT2D eigenvalue weighted by Crippen LogP contribution is 2.30. The van der Waals surface area contributed by atoms with Crippen LogP contribution in [0.1, 0.15) is 33.1 Å². The van der Waals surface area contributed by atoms with Crippen molar-refractivity contribution in [1.29, 1.82) is 5.26 Å². The molecule has 3 aromatic carbocycles. The molecule has 1 N–H and O–H groups in total. The minimum absolute atomic E-state index is 0.00287. The van der Waals surface area contributed by atoms with Crippen molar-refractivity contribution in [3.05, 3.63) is 125 Å². The molecule has 15 heteroatoms. The maximum atomic E-state index is 15.3. The Labute approximate surface area is 257 Å². The van der Waals surface area contributed by atoms with E-state index >= 15 is 4.39 Å². The number of ether oxygens (including phenoxy) is 1. The second-order valence-corrected chi connectivity index (χ2v) is 9.74. The number of benzene rings is 3. The van der Waals surface area contributed by atoms with Crippen LogP contribution in [0.5, 0.6) is 0 Å². The van der Waals surface area contributed by atoms with Gasteiger partial charge in [-0.05, 0) is 35.9 Å². The van der Waals surface area contributed by atoms with Gasteiger partial charge in [-0.2, -0.15) is 23.5 Å². The molecule has 0 atom stereocenters. The minimum Gasteiger partial charge on any atom is -0.453 e. The number of nitrogens with zero attached hydrogens (tertiary/aromatic N) is 6. The number of hydrogen-bond donors (Lipinski definition) is 1. The zero-order chi connectivity index (χ0) is 33.0. The molecular formula is C31H22F5N7O3. The topological polar surface area (TPSA) is 118 Å². The minimum atomic E-state index is -4.95. The van der Waals surface area contributed by atoms with Gasteiger partial charge in [-0.15, -0.1) is 0 Å². The number of amides is 2. The molecule has 46 heavy (non-hydrogen) atoms. The van der Waals surface area contributed by atoms with Crippen molar-refractivity contribution in [2.75, 3.05) is 12.4 Å². The summed E-state index contributed by atoms with van der Waals surface area (Å²) in [6, 6.07) is 17.7. The summed E-state index contributed by atoms with van der Waals surface area (Å²) in [6.45, 7) is 0.208. The molecule has 5 aromatic rings. The molecule has 2 aromatic heterocycles. The Kier molecular flexibility index (Phi) is 8.80. The van der Waals surface area contributed by atoms with Crippen molar-refractivity contribution in [2.24, 2.45) is 0 Å². The smallest absolute Gasteiger partial charge is 0.435 e. The number of hydrogen-bond acceptors (Lipinski definition) is 6. The average molecular weight is 636 g/mol. The van der Waals surface area contributed by atoms with Crippen LogP contribution >= 0.6 is 0 Å². The van der Waals surface area contributed by atoms with E-state index in [-0.39, 0.29) is 30.2 Å². The van der Waals surface area contributed by atoms with Gasteiger partial charge in [0.05, 0.1) is 30.6 Å². The fourth-order valence-electron chi connectivity index (χ4n) is 4.53. The predicted molar refractivity (Wildman–Crippen MR) is 153 cm³/mol. The van der Waals surface area contributed by atoms with E-state index in [1.807, 2.05) is 30.3 Å². The molecule has 0 saturated carbocycles. The van der Waals surface area contributed by atoms with Crippen LogP contribution in [0.3, 0.4) is 0 Å². The zero-order valence-corrected chi connectivity index (χ0v) is 23.8. The number of carbonyl (C=O) groups is 2. The number of halogens is 5. The molecule has 234 valence electrons. The zero-order valence-electron chi connectivity index (χ0n) is 23.8. The monoisotopic (exact) mass is 635 g/mol. The Morgan fingerprint density at radius 3 is 2.39 bits per heavy atom. The summed E-state index contributed by atoms with van der Waals surface area (Å²) in [6.07, 6.45) is -2.57. The third-order valence-electron chi connectivity index (χ3n) is 6.73. The van der Waals surface area contributed by atoms with Gasteiger partial charge in [0.15, 0.2) is 5.69 Å². The summed E-state index contributed by atoms with van der Waals surface area (Å²) < 4.78 is 76.7. The normalized spacial score (nSPS) is 11.2. The summed E-state index contributed by atoms with van der Waals surface area (Å²) in [5.74, 6) is -2.65. The van der Waals surface area contributed by atoms with E-state index in [1.165, 1.54) is 41.1 Å². The lowest BCUT2D eigenvalue weighted by molar-refractivity contribution is -0.141. The van der Waals surface area contributed by atoms with E-state index in [4.69, 9.17) is 10.00 Å². The number of aromatic nitrogens is 4. The summed E-state index contributed by atoms with van der Waals surface area (Å²) in [7, 11) is 1.25. The molecule has 10 nitrogen and oxygen atoms in total. The number of imidazole rings is 1. The molecule has 5 rings (SSSR count). The van der Waals surface area contributed by atoms with Crippen LogP contribution in [0.4, 0.5) is 32.4 Å². The molecule has 0 aliphatic rings. The summed E-state index contributed by atoms with van der Waals surface area (Å²) in [5, 5.41) is 14.8. The van der Waals surface area contributed by atoms with Crippen molar-refractivity contribution in [3.63, 3.8) is 0 Å². The second-order valence-electron chi connectivity index (χ2n) is 9.74. The van der Waals surface area contributed by atoms with Gasteiger partial charge in [0.25, 0.3) is 5.91 Å². The molecule has 0 spiro atoms. The molecule has 0 radical (unpaired) electrons. The number of rotatable bonds is 8. The molecule has 0 aliphatic carbocycles. The van der Waals surface area contributed by atoms with Crippen molar-refractivity contribution < 1.29 is 36.3 Å². The maximum absolute atomic E-state index is 15.3. The molecule has 0 bridgehead atoms. The standard InChI is InChI=1S/C31H22F5N7O3/c1-46-30(45)41(17-19-5-3-2-4-6-19)18-28-38-11-12-42(28)21-8-10-25(24(33)14-21)39-29(44)26-15-27(31(34,35)36)40-43(26)22-7-9-23(32)20(13-22)16-37/h2-15H,17-18H2,1H3,(H,39,44). The van der Waals surface area contributed by atoms with Gasteiger partial charge in [-0.1, -0.05) is 30.3 Å². The highest BCUT2D eigenvalue weighted by Gasteiger charge is 2.36. The lowest BCUT2D eigenvalue weighted by Crippen LogP contribution is -2.31. The number of methoxy groups -OCH3 is 1. The molecule has 0 aliphatic heterocycles. The average Bonchev–Trinajstić information content (AvgIpc) is 3.70. The van der Waals surface area contributed by atoms with Gasteiger partial charge in [0, 0.05) is 36.8 Å². The molecule has 0 unspecified atom stereocenters. The maximum Gasteiger partial charge on any atom is 0.435 e. The third kappa shape index (κ3) is 6.70. The third-order valence-corrected chi connectivity index (χ3v) is 6.73. The Morgan fingerprint density at radius 2 is 1.72 bits per heavy atom. The Morgan fingerprint density at radius 1 is 0.978 bits per heavy atom. The largest absolute Gasteiger partial charge is 0.453 e. The van der Waals surface area contributed by atoms with Crippen molar-refractivity contribution in [2.45, 2.75) is 19.3 Å². The van der Waals surface area contributed by atoms with Gasteiger partial charge >= 0.3 is 12.3 Å². The van der Waals surface area contributed by atoms with Crippen molar-refractivity contribution in [3.8, 4) is 17.4 Å². The quantitative estimate of drug-likeness (QED) is 0.202. The van der Waals surface area contributed by atoms with Crippen LogP contribution < -0.4 is 5.32 Å². The lowest BCUT2D eigenvalue weighted by Gasteiger charge is -2.21. The Hall–Kier alpha value is -6.04. The van der Waals surface area contributed by atoms with Gasteiger partial charge in [0.2, 0.25) is 0 Å². The number of carbonyl (C=O) groups excluding carboxylic acids is 2. The summed E-state index contributed by atoms with van der Waals surface area (Å²) >= 11 is 0. The van der Waals surface area contributed by atoms with Crippen molar-refractivity contribution >= 4 is 17.7 Å². The summed E-state index contributed by atoms with van der Waals surface area (Å²) in [5.41, 5.74) is -2.02. The van der Waals surface area contributed by atoms with Crippen molar-refractivity contribution in [1.82, 2.24) is 24.2 Å². The van der Waals surface area contributed by atoms with Gasteiger partial charge in [0.1, 0.15) is 29.2 Å². The van der Waals surface area contributed by atoms with E-state index < -0.39 is 46.8 Å². The Balaban J connectivity index is 1.40. The second kappa shape index (κ2) is 12.9. The van der Waals surface area contributed by atoms with Gasteiger partial charge in [-0.3, -0.25) is 9.69 Å². The number of nitriles is 1. The number of anilines is 1. The van der Waals surface area contributed by atoms with E-state index in [0.29, 0.717) is 16.6 Å². The Bertz CT molecular complexity index is 1950. The molecule has 0 fully saturated rings. The fraction of sp³-hybridized carbons (Fsp3) is 0.129. The first-order chi connectivity index (χ1) is 22.0. The van der Waals surface area contributed by atoms with Crippen LogP contribution in [0.15, 0.2) is 85.2 Å². The molecular weight excluding hydrogens is 613 g/mol. The van der Waals surface area contributed by atoms with E-state index in [0.717, 1.165) is 29.8 Å². The number of alkyl halides is 3. The highest BCUT2D eigenvalue weighted by atomic mass is 19.4. The molecule has 2 amide bonds. The molecule has 2 heterocycles. The highest BCUT2D eigenvalue weighted by molar-refractivity contribution is 6.03. The van der Waals surface area contributed by atoms with E-state index in [2.05, 4.69) is 15.4 Å². The predicted octanol–water partition coefficient (Wildman–Crippen LogP) is 6.25. The fourth-order valence-corrected chi connectivity index (χ4v) is 4.53. The first kappa shape index (κ1) is 31.4. The van der Waals surface area contributed by atoms with Crippen LogP contribution in [-0.2, 0) is 24.0 Å². The van der Waals surface area contributed by atoms with E-state index in [1.54, 1.807) is 6.07 Å². The van der Waals surface area contributed by atoms with Gasteiger partial charge < -0.3 is 14.6 Å². The summed E-state index contributed by atoms with van der Waals surface area (Å²) in [4.78, 5) is 31.3. The van der Waals surface area contributed by atoms with Crippen LogP contribution in [-0.4, -0.2) is 43.3 Å².